The van der Waals surface area contributed by atoms with Crippen molar-refractivity contribution in [3.63, 3.8) is 0 Å². The standard InChI is InChI=1S/C29H29N3O3/c1-17-10-11-23-21(15-17)31-27-24(35-23)16-22(30-12-14-32-13-6-5-7-18(32)2)25-26(27)29(34)20-9-4-3-8-19(20)28(25)33/h3-4,8-11,15-16,18,30-31H,5-7,12-14H2,1-2H3. The maximum atomic E-state index is 13.7. The van der Waals surface area contributed by atoms with Crippen LogP contribution in [0, 0.1) is 6.92 Å². The quantitative estimate of drug-likeness (QED) is 0.268. The van der Waals surface area contributed by atoms with Gasteiger partial charge in [-0.3, -0.25) is 14.5 Å². The third-order valence-corrected chi connectivity index (χ3v) is 7.43. The van der Waals surface area contributed by atoms with E-state index < -0.39 is 0 Å². The number of nitrogens with zero attached hydrogens (tertiary/aromatic N) is 1. The molecule has 0 aliphatic carbocycles. The third kappa shape index (κ3) is 3.69. The molecule has 1 saturated heterocycles. The van der Waals surface area contributed by atoms with Gasteiger partial charge in [0.05, 0.1) is 27.5 Å². The molecule has 6 heteroatoms. The van der Waals surface area contributed by atoms with Gasteiger partial charge < -0.3 is 14.7 Å². The second-order valence-corrected chi connectivity index (χ2v) is 9.79. The minimum absolute atomic E-state index is 0.135. The van der Waals surface area contributed by atoms with E-state index >= 15 is 0 Å². The van der Waals surface area contributed by atoms with Gasteiger partial charge in [-0.2, -0.15) is 0 Å². The number of hydrogen-bond acceptors (Lipinski definition) is 5. The van der Waals surface area contributed by atoms with Crippen molar-refractivity contribution in [2.45, 2.75) is 39.2 Å². The Labute approximate surface area is 202 Å². The fourth-order valence-electron chi connectivity index (χ4n) is 5.52. The van der Waals surface area contributed by atoms with Crippen molar-refractivity contribution in [1.82, 2.24) is 9.88 Å². The predicted molar refractivity (Wildman–Crippen MR) is 144 cm³/mol. The normalized spacial score (nSPS) is 17.0. The lowest BCUT2D eigenvalue weighted by Crippen LogP contribution is -2.40. The number of H-pyrrole nitrogens is 1. The molecule has 1 aliphatic heterocycles. The molecule has 0 saturated carbocycles. The number of likely N-dealkylation sites (tertiary alicyclic amines) is 1. The fraction of sp³-hybridized carbons (Fsp3) is 0.310. The summed E-state index contributed by atoms with van der Waals surface area (Å²) in [5, 5.41) is 5.17. The number of aryl methyl sites for hydroxylation is 1. The molecule has 4 aromatic carbocycles. The average Bonchev–Trinajstić information content (AvgIpc) is 2.86. The highest BCUT2D eigenvalue weighted by Crippen LogP contribution is 2.31. The maximum absolute atomic E-state index is 13.7. The van der Waals surface area contributed by atoms with Gasteiger partial charge in [-0.1, -0.05) is 36.8 Å². The number of nitrogens with one attached hydrogen (secondary N) is 2. The van der Waals surface area contributed by atoms with E-state index in [9.17, 15) is 9.59 Å². The molecule has 35 heavy (non-hydrogen) atoms. The molecule has 0 amide bonds. The van der Waals surface area contributed by atoms with E-state index in [0.29, 0.717) is 56.5 Å². The zero-order valence-corrected chi connectivity index (χ0v) is 20.1. The van der Waals surface area contributed by atoms with Gasteiger partial charge in [0, 0.05) is 36.0 Å². The fourth-order valence-corrected chi connectivity index (χ4v) is 5.52. The van der Waals surface area contributed by atoms with Gasteiger partial charge >= 0.3 is 0 Å². The number of aromatic amines is 1. The van der Waals surface area contributed by atoms with Gasteiger partial charge in [0.15, 0.2) is 22.0 Å². The summed E-state index contributed by atoms with van der Waals surface area (Å²) in [5.74, 6) is 0. The topological polar surface area (TPSA) is 78.3 Å². The summed E-state index contributed by atoms with van der Waals surface area (Å²) in [5.41, 5.74) is 4.03. The number of aromatic nitrogens is 1. The van der Waals surface area contributed by atoms with Crippen LogP contribution < -0.4 is 16.2 Å². The molecule has 178 valence electrons. The molecule has 1 aliphatic rings. The molecule has 0 bridgehead atoms. The van der Waals surface area contributed by atoms with Crippen LogP contribution in [0.4, 0.5) is 5.69 Å². The molecule has 0 spiro atoms. The lowest BCUT2D eigenvalue weighted by atomic mass is 9.99. The molecule has 0 radical (unpaired) electrons. The number of benzene rings is 4. The first-order valence-corrected chi connectivity index (χ1v) is 12.4. The molecule has 6 rings (SSSR count). The van der Waals surface area contributed by atoms with Gasteiger partial charge in [-0.15, -0.1) is 0 Å². The molecule has 1 atom stereocenters. The lowest BCUT2D eigenvalue weighted by Gasteiger charge is -2.33. The highest BCUT2D eigenvalue weighted by atomic mass is 16.3. The van der Waals surface area contributed by atoms with Gasteiger partial charge in [-0.25, -0.2) is 0 Å². The van der Waals surface area contributed by atoms with Crippen LogP contribution in [-0.2, 0) is 0 Å². The molecule has 1 unspecified atom stereocenters. The Bertz CT molecular complexity index is 1720. The molecular formula is C29H29N3O3. The Balaban J connectivity index is 1.58. The average molecular weight is 468 g/mol. The Morgan fingerprint density at radius 2 is 1.77 bits per heavy atom. The van der Waals surface area contributed by atoms with Crippen LogP contribution in [-0.4, -0.2) is 35.6 Å². The lowest BCUT2D eigenvalue weighted by molar-refractivity contribution is 0.167. The minimum Gasteiger partial charge on any atom is -0.453 e. The van der Waals surface area contributed by atoms with E-state index in [2.05, 4.69) is 22.1 Å². The zero-order valence-electron chi connectivity index (χ0n) is 20.1. The Hall–Kier alpha value is -3.64. The molecule has 1 aromatic heterocycles. The molecule has 2 N–H and O–H groups in total. The number of piperidine rings is 1. The van der Waals surface area contributed by atoms with E-state index in [4.69, 9.17) is 4.42 Å². The van der Waals surface area contributed by atoms with Crippen molar-refractivity contribution in [2.24, 2.45) is 0 Å². The third-order valence-electron chi connectivity index (χ3n) is 7.43. The van der Waals surface area contributed by atoms with Crippen LogP contribution in [0.2, 0.25) is 0 Å². The monoisotopic (exact) mass is 467 g/mol. The van der Waals surface area contributed by atoms with Gasteiger partial charge in [-0.05, 0) is 50.9 Å². The molecular weight excluding hydrogens is 438 g/mol. The smallest absolute Gasteiger partial charge is 0.196 e. The number of fused-ring (bicyclic) bond motifs is 5. The predicted octanol–water partition coefficient (Wildman–Crippen LogP) is 5.54. The van der Waals surface area contributed by atoms with E-state index in [0.717, 1.165) is 24.2 Å². The second-order valence-electron chi connectivity index (χ2n) is 9.79. The summed E-state index contributed by atoms with van der Waals surface area (Å²) < 4.78 is 6.25. The Morgan fingerprint density at radius 1 is 1.00 bits per heavy atom. The SMILES string of the molecule is Cc1ccc2oc3cc(NCCN4CCCCC4C)c4c(=O)c5ccccc5c(=O)c4c3[nH]c2c1. The van der Waals surface area contributed by atoms with E-state index in [-0.39, 0.29) is 10.9 Å². The highest BCUT2D eigenvalue weighted by molar-refractivity contribution is 6.14. The highest BCUT2D eigenvalue weighted by Gasteiger charge is 2.20. The van der Waals surface area contributed by atoms with Crippen LogP contribution >= 0.6 is 0 Å². The molecule has 2 heterocycles. The van der Waals surface area contributed by atoms with Crippen molar-refractivity contribution >= 4 is 49.4 Å². The molecule has 5 aromatic rings. The van der Waals surface area contributed by atoms with Crippen LogP contribution in [0.5, 0.6) is 0 Å². The first kappa shape index (κ1) is 21.9. The van der Waals surface area contributed by atoms with Crippen molar-refractivity contribution in [1.29, 1.82) is 0 Å². The van der Waals surface area contributed by atoms with Crippen LogP contribution in [0.3, 0.4) is 0 Å². The summed E-state index contributed by atoms with van der Waals surface area (Å²) in [6.45, 7) is 6.94. The summed E-state index contributed by atoms with van der Waals surface area (Å²) in [4.78, 5) is 33.3. The van der Waals surface area contributed by atoms with Crippen molar-refractivity contribution in [2.75, 3.05) is 25.0 Å². The van der Waals surface area contributed by atoms with Crippen molar-refractivity contribution in [3.8, 4) is 0 Å². The summed E-state index contributed by atoms with van der Waals surface area (Å²) in [6, 6.07) is 15.4. The van der Waals surface area contributed by atoms with E-state index in [1.54, 1.807) is 24.3 Å². The Morgan fingerprint density at radius 3 is 2.54 bits per heavy atom. The summed E-state index contributed by atoms with van der Waals surface area (Å²) >= 11 is 0. The molecule has 1 fully saturated rings. The first-order chi connectivity index (χ1) is 17.0. The number of rotatable bonds is 4. The minimum atomic E-state index is -0.160. The second kappa shape index (κ2) is 8.54. The van der Waals surface area contributed by atoms with E-state index in [1.165, 1.54) is 19.3 Å². The zero-order chi connectivity index (χ0) is 24.1. The largest absolute Gasteiger partial charge is 0.453 e. The Kier molecular flexibility index (Phi) is 5.33. The van der Waals surface area contributed by atoms with Gasteiger partial charge in [0.2, 0.25) is 0 Å². The van der Waals surface area contributed by atoms with Crippen molar-refractivity contribution < 1.29 is 4.42 Å². The maximum Gasteiger partial charge on any atom is 0.196 e. The van der Waals surface area contributed by atoms with Crippen molar-refractivity contribution in [3.05, 3.63) is 74.5 Å². The number of hydrogen-bond donors (Lipinski definition) is 2. The van der Waals surface area contributed by atoms with Crippen LogP contribution in [0.25, 0.3) is 43.7 Å². The van der Waals surface area contributed by atoms with Crippen LogP contribution in [0.15, 0.2) is 62.5 Å². The summed E-state index contributed by atoms with van der Waals surface area (Å²) in [7, 11) is 0. The molecule has 6 nitrogen and oxygen atoms in total. The van der Waals surface area contributed by atoms with Gasteiger partial charge in [0.25, 0.3) is 0 Å². The first-order valence-electron chi connectivity index (χ1n) is 12.4. The van der Waals surface area contributed by atoms with Gasteiger partial charge in [0.1, 0.15) is 0 Å². The van der Waals surface area contributed by atoms with Crippen LogP contribution in [0.1, 0.15) is 31.7 Å². The van der Waals surface area contributed by atoms with E-state index in [1.807, 2.05) is 31.2 Å². The number of anilines is 1. The summed E-state index contributed by atoms with van der Waals surface area (Å²) in [6.07, 6.45) is 3.72.